The maximum Gasteiger partial charge on any atom is 0.393 e. The Hall–Kier alpha value is -1.60. The van der Waals surface area contributed by atoms with Gasteiger partial charge in [-0.15, -0.1) is 0 Å². The molecule has 2 heterocycles. The van der Waals surface area contributed by atoms with Crippen molar-refractivity contribution >= 4 is 5.97 Å². The van der Waals surface area contributed by atoms with E-state index in [0.717, 1.165) is 0 Å². The van der Waals surface area contributed by atoms with Crippen LogP contribution in [0.4, 0.5) is 13.2 Å². The van der Waals surface area contributed by atoms with Crippen molar-refractivity contribution in [1.29, 1.82) is 0 Å². The number of nitrogens with zero attached hydrogens (tertiary/aromatic N) is 3. The summed E-state index contributed by atoms with van der Waals surface area (Å²) in [6, 6.07) is 0. The van der Waals surface area contributed by atoms with Gasteiger partial charge < -0.3 is 5.11 Å². The lowest BCUT2D eigenvalue weighted by Crippen LogP contribution is -2.32. The lowest BCUT2D eigenvalue weighted by molar-refractivity contribution is -0.182. The molecule has 1 aliphatic rings. The van der Waals surface area contributed by atoms with Crippen LogP contribution in [0.25, 0.3) is 0 Å². The number of aryl methyl sites for hydroxylation is 2. The molecule has 2 rings (SSSR count). The van der Waals surface area contributed by atoms with Crippen molar-refractivity contribution in [2.24, 2.45) is 5.92 Å². The Kier molecular flexibility index (Phi) is 3.27. The van der Waals surface area contributed by atoms with Gasteiger partial charge in [0.05, 0.1) is 18.9 Å². The topological polar surface area (TPSA) is 68.0 Å². The van der Waals surface area contributed by atoms with Gasteiger partial charge in [0.2, 0.25) is 0 Å². The number of aliphatic carboxylic acids is 1. The first-order valence-corrected chi connectivity index (χ1v) is 5.57. The monoisotopic (exact) mass is 263 g/mol. The first kappa shape index (κ1) is 12.8. The Balaban J connectivity index is 2.07. The van der Waals surface area contributed by atoms with Gasteiger partial charge in [-0.1, -0.05) is 0 Å². The van der Waals surface area contributed by atoms with Gasteiger partial charge in [-0.25, -0.2) is 9.67 Å². The molecule has 1 atom stereocenters. The van der Waals surface area contributed by atoms with Crippen molar-refractivity contribution in [3.8, 4) is 0 Å². The van der Waals surface area contributed by atoms with Gasteiger partial charge in [0.15, 0.2) is 5.82 Å². The van der Waals surface area contributed by atoms with E-state index in [-0.39, 0.29) is 32.2 Å². The molecule has 0 spiro atoms. The second-order valence-corrected chi connectivity index (χ2v) is 4.30. The molecule has 0 bridgehead atoms. The third-order valence-electron chi connectivity index (χ3n) is 2.93. The lowest BCUT2D eigenvalue weighted by atomic mass is 9.99. The molecule has 0 saturated heterocycles. The van der Waals surface area contributed by atoms with Crippen LogP contribution in [0, 0.1) is 5.92 Å². The van der Waals surface area contributed by atoms with Crippen molar-refractivity contribution in [3.63, 3.8) is 0 Å². The molecule has 0 amide bonds. The van der Waals surface area contributed by atoms with Crippen LogP contribution in [0.2, 0.25) is 0 Å². The van der Waals surface area contributed by atoms with E-state index in [4.69, 9.17) is 5.11 Å². The molecular weight excluding hydrogens is 251 g/mol. The standard InChI is InChI=1S/C10H12F3N3O2/c11-10(12,13)6-1-3-8-14-7(2-4-9(17)18)15-16(8)5-6/h6H,1-5H2,(H,17,18). The van der Waals surface area contributed by atoms with E-state index >= 15 is 0 Å². The highest BCUT2D eigenvalue weighted by Gasteiger charge is 2.42. The van der Waals surface area contributed by atoms with Crippen molar-refractivity contribution in [2.45, 2.75) is 38.4 Å². The average Bonchev–Trinajstić information content (AvgIpc) is 2.66. The van der Waals surface area contributed by atoms with Crippen LogP contribution in [-0.2, 0) is 24.2 Å². The second-order valence-electron chi connectivity index (χ2n) is 4.30. The predicted molar refractivity (Wildman–Crippen MR) is 53.8 cm³/mol. The fourth-order valence-corrected chi connectivity index (χ4v) is 1.95. The SMILES string of the molecule is O=C(O)CCc1nc2n(n1)CC(C(F)(F)F)CC2. The predicted octanol–water partition coefficient (Wildman–Crippen LogP) is 1.42. The fourth-order valence-electron chi connectivity index (χ4n) is 1.95. The molecule has 1 unspecified atom stereocenters. The average molecular weight is 263 g/mol. The Labute approximate surface area is 101 Å². The number of aromatic nitrogens is 3. The molecule has 0 aromatic carbocycles. The molecule has 0 fully saturated rings. The number of carboxylic acids is 1. The Morgan fingerprint density at radius 1 is 1.50 bits per heavy atom. The summed E-state index contributed by atoms with van der Waals surface area (Å²) in [5.74, 6) is -1.55. The van der Waals surface area contributed by atoms with E-state index in [1.54, 1.807) is 0 Å². The van der Waals surface area contributed by atoms with E-state index < -0.39 is 18.1 Å². The minimum absolute atomic E-state index is 0.0144. The quantitative estimate of drug-likeness (QED) is 0.895. The summed E-state index contributed by atoms with van der Waals surface area (Å²) >= 11 is 0. The van der Waals surface area contributed by atoms with Gasteiger partial charge in [-0.3, -0.25) is 4.79 Å². The number of hydrogen-bond donors (Lipinski definition) is 1. The van der Waals surface area contributed by atoms with Crippen LogP contribution < -0.4 is 0 Å². The van der Waals surface area contributed by atoms with Crippen LogP contribution >= 0.6 is 0 Å². The first-order valence-electron chi connectivity index (χ1n) is 5.57. The largest absolute Gasteiger partial charge is 0.481 e. The number of halogens is 3. The van der Waals surface area contributed by atoms with Crippen LogP contribution in [0.15, 0.2) is 0 Å². The molecule has 5 nitrogen and oxygen atoms in total. The number of hydrogen-bond acceptors (Lipinski definition) is 3. The maximum atomic E-state index is 12.6. The molecule has 18 heavy (non-hydrogen) atoms. The summed E-state index contributed by atoms with van der Waals surface area (Å²) < 4.78 is 38.9. The van der Waals surface area contributed by atoms with Crippen LogP contribution in [0.5, 0.6) is 0 Å². The normalized spacial score (nSPS) is 19.6. The van der Waals surface area contributed by atoms with Gasteiger partial charge in [0, 0.05) is 12.8 Å². The van der Waals surface area contributed by atoms with Gasteiger partial charge >= 0.3 is 12.1 Å². The molecule has 1 aliphatic heterocycles. The van der Waals surface area contributed by atoms with Gasteiger partial charge in [0.1, 0.15) is 5.82 Å². The summed E-state index contributed by atoms with van der Waals surface area (Å²) in [6.07, 6.45) is -3.95. The zero-order chi connectivity index (χ0) is 13.3. The number of alkyl halides is 3. The molecule has 0 aliphatic carbocycles. The van der Waals surface area contributed by atoms with Crippen LogP contribution in [0.1, 0.15) is 24.5 Å². The molecule has 1 N–H and O–H groups in total. The molecule has 8 heteroatoms. The Morgan fingerprint density at radius 3 is 2.83 bits per heavy atom. The Morgan fingerprint density at radius 2 is 2.22 bits per heavy atom. The van der Waals surface area contributed by atoms with Crippen molar-refractivity contribution in [1.82, 2.24) is 14.8 Å². The van der Waals surface area contributed by atoms with Crippen LogP contribution in [0.3, 0.4) is 0 Å². The number of carbonyl (C=O) groups is 1. The van der Waals surface area contributed by atoms with Crippen molar-refractivity contribution < 1.29 is 23.1 Å². The summed E-state index contributed by atoms with van der Waals surface area (Å²) in [6.45, 7) is -0.223. The van der Waals surface area contributed by atoms with E-state index in [2.05, 4.69) is 10.1 Å². The van der Waals surface area contributed by atoms with E-state index in [1.807, 2.05) is 0 Å². The van der Waals surface area contributed by atoms with Crippen molar-refractivity contribution in [2.75, 3.05) is 0 Å². The third-order valence-corrected chi connectivity index (χ3v) is 2.93. The van der Waals surface area contributed by atoms with Gasteiger partial charge in [-0.2, -0.15) is 18.3 Å². The summed E-state index contributed by atoms with van der Waals surface area (Å²) in [5.41, 5.74) is 0. The van der Waals surface area contributed by atoms with Crippen molar-refractivity contribution in [3.05, 3.63) is 11.6 Å². The minimum atomic E-state index is -4.22. The first-order chi connectivity index (χ1) is 8.36. The summed E-state index contributed by atoms with van der Waals surface area (Å²) in [7, 11) is 0. The molecular formula is C10H12F3N3O2. The molecule has 100 valence electrons. The fraction of sp³-hybridized carbons (Fsp3) is 0.700. The number of carboxylic acid groups (broad SMARTS) is 1. The maximum absolute atomic E-state index is 12.6. The highest BCUT2D eigenvalue weighted by atomic mass is 19.4. The summed E-state index contributed by atoms with van der Waals surface area (Å²) in [4.78, 5) is 14.4. The van der Waals surface area contributed by atoms with E-state index in [1.165, 1.54) is 4.68 Å². The van der Waals surface area contributed by atoms with Crippen LogP contribution in [-0.4, -0.2) is 32.0 Å². The van der Waals surface area contributed by atoms with E-state index in [9.17, 15) is 18.0 Å². The molecule has 1 aromatic heterocycles. The smallest absolute Gasteiger partial charge is 0.393 e. The summed E-state index contributed by atoms with van der Waals surface area (Å²) in [5, 5.41) is 12.4. The zero-order valence-electron chi connectivity index (χ0n) is 9.44. The van der Waals surface area contributed by atoms with E-state index in [0.29, 0.717) is 11.6 Å². The van der Waals surface area contributed by atoms with Gasteiger partial charge in [-0.05, 0) is 6.42 Å². The number of fused-ring (bicyclic) bond motifs is 1. The zero-order valence-corrected chi connectivity index (χ0v) is 9.44. The highest BCUT2D eigenvalue weighted by molar-refractivity contribution is 5.66. The highest BCUT2D eigenvalue weighted by Crippen LogP contribution is 2.33. The lowest BCUT2D eigenvalue weighted by Gasteiger charge is -2.24. The second kappa shape index (κ2) is 4.58. The minimum Gasteiger partial charge on any atom is -0.481 e. The molecule has 0 radical (unpaired) electrons. The Bertz CT molecular complexity index is 456. The molecule has 0 saturated carbocycles. The third kappa shape index (κ3) is 2.80. The number of rotatable bonds is 3. The van der Waals surface area contributed by atoms with Gasteiger partial charge in [0.25, 0.3) is 0 Å². The molecule has 1 aromatic rings.